The summed E-state index contributed by atoms with van der Waals surface area (Å²) in [6, 6.07) is 14.3. The first-order chi connectivity index (χ1) is 10.7. The van der Waals surface area contributed by atoms with Gasteiger partial charge in [0.25, 0.3) is 0 Å². The van der Waals surface area contributed by atoms with Gasteiger partial charge < -0.3 is 10.4 Å². The van der Waals surface area contributed by atoms with Crippen molar-refractivity contribution in [2.45, 2.75) is 25.4 Å². The topological polar surface area (TPSA) is 35.5 Å². The number of anilines is 1. The van der Waals surface area contributed by atoms with E-state index in [0.717, 1.165) is 38.2 Å². The molecule has 1 heterocycles. The fourth-order valence-corrected chi connectivity index (χ4v) is 2.99. The molecule has 0 spiro atoms. The van der Waals surface area contributed by atoms with Crippen LogP contribution in [0.15, 0.2) is 48.5 Å². The number of aromatic hydroxyl groups is 1. The van der Waals surface area contributed by atoms with Crippen LogP contribution in [0.3, 0.4) is 0 Å². The average Bonchev–Trinajstić information content (AvgIpc) is 2.50. The number of likely N-dealkylation sites (tertiary alicyclic amines) is 1. The van der Waals surface area contributed by atoms with Crippen molar-refractivity contribution >= 4 is 5.69 Å². The van der Waals surface area contributed by atoms with Gasteiger partial charge in [0, 0.05) is 24.8 Å². The number of phenolic OH excluding ortho intramolecular Hbond substituents is 1. The Hall–Kier alpha value is -2.07. The lowest BCUT2D eigenvalue weighted by Crippen LogP contribution is -2.41. The number of nitrogens with one attached hydrogen (secondary N) is 1. The van der Waals surface area contributed by atoms with E-state index in [1.165, 1.54) is 11.6 Å². The zero-order chi connectivity index (χ0) is 15.4. The number of rotatable bonds is 4. The van der Waals surface area contributed by atoms with E-state index in [0.29, 0.717) is 11.8 Å². The standard InChI is InChI=1S/C18H21FN2O/c19-15-3-1-4-16(11-15)20-17-5-2-10-21(13-17)12-14-6-8-18(22)9-7-14/h1,3-4,6-9,11,17,20,22H,2,5,10,12-13H2. The Balaban J connectivity index is 1.58. The van der Waals surface area contributed by atoms with E-state index in [4.69, 9.17) is 0 Å². The number of nitrogens with zero attached hydrogens (tertiary/aromatic N) is 1. The molecule has 0 saturated carbocycles. The van der Waals surface area contributed by atoms with Crippen LogP contribution >= 0.6 is 0 Å². The van der Waals surface area contributed by atoms with Gasteiger partial charge in [0.2, 0.25) is 0 Å². The van der Waals surface area contributed by atoms with Crippen LogP contribution in [0.2, 0.25) is 0 Å². The second-order valence-electron chi connectivity index (χ2n) is 5.90. The minimum Gasteiger partial charge on any atom is -0.508 e. The van der Waals surface area contributed by atoms with Crippen molar-refractivity contribution in [2.75, 3.05) is 18.4 Å². The van der Waals surface area contributed by atoms with Gasteiger partial charge in [-0.3, -0.25) is 4.90 Å². The molecular weight excluding hydrogens is 279 g/mol. The first-order valence-electron chi connectivity index (χ1n) is 7.71. The number of benzene rings is 2. The lowest BCUT2D eigenvalue weighted by Gasteiger charge is -2.33. The van der Waals surface area contributed by atoms with E-state index in [-0.39, 0.29) is 5.82 Å². The highest BCUT2D eigenvalue weighted by Crippen LogP contribution is 2.19. The van der Waals surface area contributed by atoms with Gasteiger partial charge in [-0.1, -0.05) is 18.2 Å². The number of halogens is 1. The Labute approximate surface area is 130 Å². The minimum absolute atomic E-state index is 0.207. The summed E-state index contributed by atoms with van der Waals surface area (Å²) in [4.78, 5) is 2.40. The highest BCUT2D eigenvalue weighted by Gasteiger charge is 2.19. The van der Waals surface area contributed by atoms with Gasteiger partial charge in [-0.05, 0) is 55.3 Å². The Morgan fingerprint density at radius 2 is 2.00 bits per heavy atom. The molecule has 3 nitrogen and oxygen atoms in total. The highest BCUT2D eigenvalue weighted by atomic mass is 19.1. The third kappa shape index (κ3) is 3.98. The number of hydrogen-bond acceptors (Lipinski definition) is 3. The normalized spacial score (nSPS) is 19.0. The Kier molecular flexibility index (Phi) is 4.59. The Bertz CT molecular complexity index is 615. The molecule has 1 aliphatic heterocycles. The molecule has 1 fully saturated rings. The van der Waals surface area contributed by atoms with E-state index >= 15 is 0 Å². The van der Waals surface area contributed by atoms with Crippen LogP contribution in [-0.4, -0.2) is 29.1 Å². The van der Waals surface area contributed by atoms with Crippen molar-refractivity contribution in [3.63, 3.8) is 0 Å². The van der Waals surface area contributed by atoms with E-state index in [2.05, 4.69) is 10.2 Å². The maximum absolute atomic E-state index is 13.2. The Morgan fingerprint density at radius 3 is 2.77 bits per heavy atom. The van der Waals surface area contributed by atoms with Crippen LogP contribution in [0.4, 0.5) is 10.1 Å². The predicted octanol–water partition coefficient (Wildman–Crippen LogP) is 3.61. The largest absolute Gasteiger partial charge is 0.508 e. The van der Waals surface area contributed by atoms with Crippen LogP contribution in [0.5, 0.6) is 5.75 Å². The molecule has 2 aromatic carbocycles. The van der Waals surface area contributed by atoms with Gasteiger partial charge in [0.1, 0.15) is 11.6 Å². The fourth-order valence-electron chi connectivity index (χ4n) is 2.99. The summed E-state index contributed by atoms with van der Waals surface area (Å²) in [5.41, 5.74) is 2.04. The lowest BCUT2D eigenvalue weighted by atomic mass is 10.0. The van der Waals surface area contributed by atoms with Gasteiger partial charge >= 0.3 is 0 Å². The van der Waals surface area contributed by atoms with Gasteiger partial charge in [0.15, 0.2) is 0 Å². The molecule has 3 rings (SSSR count). The molecule has 2 aromatic rings. The molecule has 0 radical (unpaired) electrons. The van der Waals surface area contributed by atoms with Crippen molar-refractivity contribution in [2.24, 2.45) is 0 Å². The summed E-state index contributed by atoms with van der Waals surface area (Å²) in [7, 11) is 0. The van der Waals surface area contributed by atoms with Crippen LogP contribution in [0.1, 0.15) is 18.4 Å². The van der Waals surface area contributed by atoms with Gasteiger partial charge in [0.05, 0.1) is 0 Å². The van der Waals surface area contributed by atoms with Crippen molar-refractivity contribution in [3.05, 3.63) is 59.9 Å². The molecule has 1 atom stereocenters. The summed E-state index contributed by atoms with van der Waals surface area (Å²) >= 11 is 0. The minimum atomic E-state index is -0.207. The molecule has 22 heavy (non-hydrogen) atoms. The molecule has 1 saturated heterocycles. The quantitative estimate of drug-likeness (QED) is 0.905. The monoisotopic (exact) mass is 300 g/mol. The highest BCUT2D eigenvalue weighted by molar-refractivity contribution is 5.44. The molecule has 1 unspecified atom stereocenters. The first kappa shape index (κ1) is 14.9. The van der Waals surface area contributed by atoms with Crippen LogP contribution in [0, 0.1) is 5.82 Å². The molecule has 4 heteroatoms. The number of hydrogen-bond donors (Lipinski definition) is 2. The molecule has 0 bridgehead atoms. The molecule has 0 aliphatic carbocycles. The zero-order valence-electron chi connectivity index (χ0n) is 12.5. The average molecular weight is 300 g/mol. The number of piperidine rings is 1. The molecule has 0 aromatic heterocycles. The fraction of sp³-hybridized carbons (Fsp3) is 0.333. The van der Waals surface area contributed by atoms with Crippen molar-refractivity contribution in [1.29, 1.82) is 0 Å². The summed E-state index contributed by atoms with van der Waals surface area (Å²) in [6.07, 6.45) is 2.23. The van der Waals surface area contributed by atoms with E-state index in [1.807, 2.05) is 18.2 Å². The van der Waals surface area contributed by atoms with Crippen molar-refractivity contribution in [1.82, 2.24) is 4.90 Å². The predicted molar refractivity (Wildman–Crippen MR) is 86.4 cm³/mol. The first-order valence-corrected chi connectivity index (χ1v) is 7.71. The summed E-state index contributed by atoms with van der Waals surface area (Å²) in [5, 5.41) is 12.8. The van der Waals surface area contributed by atoms with E-state index < -0.39 is 0 Å². The maximum Gasteiger partial charge on any atom is 0.125 e. The molecule has 116 valence electrons. The molecule has 2 N–H and O–H groups in total. The van der Waals surface area contributed by atoms with Gasteiger partial charge in [-0.15, -0.1) is 0 Å². The second-order valence-corrected chi connectivity index (χ2v) is 5.90. The van der Waals surface area contributed by atoms with Crippen LogP contribution in [0.25, 0.3) is 0 Å². The molecule has 1 aliphatic rings. The van der Waals surface area contributed by atoms with E-state index in [1.54, 1.807) is 24.3 Å². The number of phenols is 1. The molecule has 0 amide bonds. The third-order valence-electron chi connectivity index (χ3n) is 4.04. The van der Waals surface area contributed by atoms with Crippen LogP contribution in [-0.2, 0) is 6.54 Å². The maximum atomic E-state index is 13.2. The summed E-state index contributed by atoms with van der Waals surface area (Å²) in [6.45, 7) is 2.89. The molecular formula is C18H21FN2O. The van der Waals surface area contributed by atoms with Gasteiger partial charge in [-0.2, -0.15) is 0 Å². The second kappa shape index (κ2) is 6.79. The smallest absolute Gasteiger partial charge is 0.125 e. The van der Waals surface area contributed by atoms with E-state index in [9.17, 15) is 9.50 Å². The lowest BCUT2D eigenvalue weighted by molar-refractivity contribution is 0.208. The van der Waals surface area contributed by atoms with Crippen LogP contribution < -0.4 is 5.32 Å². The van der Waals surface area contributed by atoms with Gasteiger partial charge in [-0.25, -0.2) is 4.39 Å². The summed E-state index contributed by atoms with van der Waals surface area (Å²) in [5.74, 6) is 0.0924. The van der Waals surface area contributed by atoms with Crippen molar-refractivity contribution < 1.29 is 9.50 Å². The Morgan fingerprint density at radius 1 is 1.18 bits per heavy atom. The van der Waals surface area contributed by atoms with Crippen molar-refractivity contribution in [3.8, 4) is 5.75 Å². The third-order valence-corrected chi connectivity index (χ3v) is 4.04. The summed E-state index contributed by atoms with van der Waals surface area (Å²) < 4.78 is 13.2. The zero-order valence-corrected chi connectivity index (χ0v) is 12.5. The SMILES string of the molecule is Oc1ccc(CN2CCCC(Nc3cccc(F)c3)C2)cc1.